The van der Waals surface area contributed by atoms with E-state index in [1.165, 1.54) is 0 Å². The first-order valence-electron chi connectivity index (χ1n) is 5.97. The van der Waals surface area contributed by atoms with Crippen molar-refractivity contribution in [3.05, 3.63) is 46.6 Å². The van der Waals surface area contributed by atoms with Crippen molar-refractivity contribution < 1.29 is 4.79 Å². The topological polar surface area (TPSA) is 59.0 Å². The molecule has 0 bridgehead atoms. The van der Waals surface area contributed by atoms with Gasteiger partial charge in [-0.3, -0.25) is 9.48 Å². The summed E-state index contributed by atoms with van der Waals surface area (Å²) < 4.78 is 1.67. The summed E-state index contributed by atoms with van der Waals surface area (Å²) >= 11 is 5.89. The van der Waals surface area contributed by atoms with Gasteiger partial charge in [0.25, 0.3) is 5.91 Å². The summed E-state index contributed by atoms with van der Waals surface area (Å²) in [4.78, 5) is 11.9. The number of rotatable bonds is 1. The van der Waals surface area contributed by atoms with Crippen molar-refractivity contribution >= 4 is 23.3 Å². The van der Waals surface area contributed by atoms with Gasteiger partial charge in [0, 0.05) is 18.6 Å². The van der Waals surface area contributed by atoms with Crippen LogP contribution in [0.5, 0.6) is 0 Å². The van der Waals surface area contributed by atoms with Crippen LogP contribution < -0.4 is 10.6 Å². The molecular weight excluding hydrogens is 264 g/mol. The molecule has 1 amide bonds. The van der Waals surface area contributed by atoms with Gasteiger partial charge in [0.1, 0.15) is 11.4 Å². The van der Waals surface area contributed by atoms with E-state index in [1.807, 2.05) is 31.3 Å². The smallest absolute Gasteiger partial charge is 0.256 e. The van der Waals surface area contributed by atoms with Crippen molar-refractivity contribution in [2.45, 2.75) is 6.04 Å². The maximum absolute atomic E-state index is 11.9. The monoisotopic (exact) mass is 276 g/mol. The van der Waals surface area contributed by atoms with Crippen LogP contribution in [-0.4, -0.2) is 22.2 Å². The molecule has 0 aliphatic carbocycles. The number of anilines is 1. The lowest BCUT2D eigenvalue weighted by molar-refractivity contribution is 0.0955. The number of nitrogens with one attached hydrogen (secondary N) is 2. The first-order chi connectivity index (χ1) is 9.15. The number of hydrogen-bond donors (Lipinski definition) is 2. The molecule has 1 unspecified atom stereocenters. The first kappa shape index (κ1) is 12.0. The van der Waals surface area contributed by atoms with E-state index >= 15 is 0 Å². The number of hydrogen-bond acceptors (Lipinski definition) is 3. The summed E-state index contributed by atoms with van der Waals surface area (Å²) in [5, 5.41) is 11.0. The maximum Gasteiger partial charge on any atom is 0.256 e. The second-order valence-corrected chi connectivity index (χ2v) is 4.93. The number of aryl methyl sites for hydroxylation is 1. The lowest BCUT2D eigenvalue weighted by atomic mass is 10.1. The number of nitrogens with zero attached hydrogens (tertiary/aromatic N) is 2. The molecule has 1 atom stereocenters. The summed E-state index contributed by atoms with van der Waals surface area (Å²) in [5.41, 5.74) is 1.64. The van der Waals surface area contributed by atoms with Gasteiger partial charge in [-0.25, -0.2) is 0 Å². The SMILES string of the molecule is Cn1ncc2c1NC(c1ccc(Cl)cc1)CNC2=O. The van der Waals surface area contributed by atoms with Gasteiger partial charge in [-0.1, -0.05) is 23.7 Å². The molecule has 1 aromatic heterocycles. The number of halogens is 1. The number of amides is 1. The number of aromatic nitrogens is 2. The Kier molecular flexibility index (Phi) is 2.91. The molecule has 1 aromatic carbocycles. The molecule has 2 N–H and O–H groups in total. The Morgan fingerprint density at radius 1 is 1.37 bits per heavy atom. The Balaban J connectivity index is 1.96. The van der Waals surface area contributed by atoms with Gasteiger partial charge >= 0.3 is 0 Å². The zero-order valence-electron chi connectivity index (χ0n) is 10.4. The van der Waals surface area contributed by atoms with Crippen LogP contribution in [0.25, 0.3) is 0 Å². The second kappa shape index (κ2) is 4.59. The third-order valence-corrected chi connectivity index (χ3v) is 3.49. The quantitative estimate of drug-likeness (QED) is 0.837. The van der Waals surface area contributed by atoms with Crippen LogP contribution in [0.2, 0.25) is 5.02 Å². The average molecular weight is 277 g/mol. The highest BCUT2D eigenvalue weighted by Gasteiger charge is 2.24. The molecule has 0 fully saturated rings. The predicted molar refractivity (Wildman–Crippen MR) is 73.4 cm³/mol. The van der Waals surface area contributed by atoms with E-state index < -0.39 is 0 Å². The largest absolute Gasteiger partial charge is 0.361 e. The normalized spacial score (nSPS) is 18.2. The fourth-order valence-electron chi connectivity index (χ4n) is 2.18. The minimum Gasteiger partial charge on any atom is -0.361 e. The van der Waals surface area contributed by atoms with E-state index in [9.17, 15) is 4.79 Å². The summed E-state index contributed by atoms with van der Waals surface area (Å²) in [6.07, 6.45) is 1.57. The minimum atomic E-state index is -0.105. The second-order valence-electron chi connectivity index (χ2n) is 4.49. The molecule has 0 spiro atoms. The van der Waals surface area contributed by atoms with Crippen LogP contribution in [0, 0.1) is 0 Å². The van der Waals surface area contributed by atoms with Gasteiger partial charge in [-0.15, -0.1) is 0 Å². The van der Waals surface area contributed by atoms with Crippen LogP contribution in [-0.2, 0) is 7.05 Å². The Bertz CT molecular complexity index is 620. The molecule has 2 heterocycles. The lowest BCUT2D eigenvalue weighted by Gasteiger charge is -2.18. The Morgan fingerprint density at radius 3 is 2.84 bits per heavy atom. The van der Waals surface area contributed by atoms with Gasteiger partial charge in [0.2, 0.25) is 0 Å². The summed E-state index contributed by atoms with van der Waals surface area (Å²) in [5.74, 6) is 0.627. The van der Waals surface area contributed by atoms with E-state index in [4.69, 9.17) is 11.6 Å². The highest BCUT2D eigenvalue weighted by atomic mass is 35.5. The average Bonchev–Trinajstić information content (AvgIpc) is 2.67. The molecule has 0 saturated heterocycles. The summed E-state index contributed by atoms with van der Waals surface area (Å²) in [7, 11) is 1.81. The Hall–Kier alpha value is -2.01. The highest BCUT2D eigenvalue weighted by molar-refractivity contribution is 6.30. The highest BCUT2D eigenvalue weighted by Crippen LogP contribution is 2.25. The molecule has 0 radical (unpaired) electrons. The minimum absolute atomic E-state index is 0.00198. The number of benzene rings is 1. The van der Waals surface area contributed by atoms with Gasteiger partial charge in [0.15, 0.2) is 0 Å². The van der Waals surface area contributed by atoms with Crippen molar-refractivity contribution in [1.82, 2.24) is 15.1 Å². The third kappa shape index (κ3) is 2.17. The third-order valence-electron chi connectivity index (χ3n) is 3.23. The molecular formula is C13H13ClN4O. The predicted octanol–water partition coefficient (Wildman–Crippen LogP) is 1.97. The van der Waals surface area contributed by atoms with Crippen molar-refractivity contribution in [2.24, 2.45) is 7.05 Å². The maximum atomic E-state index is 11.9. The van der Waals surface area contributed by atoms with E-state index in [0.717, 1.165) is 11.4 Å². The fraction of sp³-hybridized carbons (Fsp3) is 0.231. The van der Waals surface area contributed by atoms with Crippen molar-refractivity contribution in [2.75, 3.05) is 11.9 Å². The van der Waals surface area contributed by atoms with Crippen molar-refractivity contribution in [3.63, 3.8) is 0 Å². The molecule has 19 heavy (non-hydrogen) atoms. The molecule has 98 valence electrons. The van der Waals surface area contributed by atoms with E-state index in [1.54, 1.807) is 10.9 Å². The molecule has 5 nitrogen and oxygen atoms in total. The fourth-order valence-corrected chi connectivity index (χ4v) is 2.30. The molecule has 2 aromatic rings. The number of carbonyl (C=O) groups excluding carboxylic acids is 1. The van der Waals surface area contributed by atoms with Crippen LogP contribution in [0.4, 0.5) is 5.82 Å². The first-order valence-corrected chi connectivity index (χ1v) is 6.35. The Labute approximate surface area is 115 Å². The van der Waals surface area contributed by atoms with E-state index in [2.05, 4.69) is 15.7 Å². The summed E-state index contributed by atoms with van der Waals surface area (Å²) in [6, 6.07) is 7.59. The number of fused-ring (bicyclic) bond motifs is 1. The standard InChI is InChI=1S/C13H13ClN4O/c1-18-12-10(6-16-18)13(19)15-7-11(17-12)8-2-4-9(14)5-3-8/h2-6,11,17H,7H2,1H3,(H,15,19). The van der Waals surface area contributed by atoms with E-state index in [0.29, 0.717) is 17.1 Å². The van der Waals surface area contributed by atoms with Crippen molar-refractivity contribution in [1.29, 1.82) is 0 Å². The molecule has 1 aliphatic heterocycles. The van der Waals surface area contributed by atoms with Crippen molar-refractivity contribution in [3.8, 4) is 0 Å². The zero-order valence-corrected chi connectivity index (χ0v) is 11.1. The lowest BCUT2D eigenvalue weighted by Crippen LogP contribution is -2.27. The molecule has 1 aliphatic rings. The van der Waals surface area contributed by atoms with Gasteiger partial charge in [-0.05, 0) is 17.7 Å². The summed E-state index contributed by atoms with van der Waals surface area (Å²) in [6.45, 7) is 0.523. The molecule has 0 saturated carbocycles. The van der Waals surface area contributed by atoms with Gasteiger partial charge in [-0.2, -0.15) is 5.10 Å². The van der Waals surface area contributed by atoms with Crippen LogP contribution in [0.15, 0.2) is 30.5 Å². The molecule has 6 heteroatoms. The zero-order chi connectivity index (χ0) is 13.4. The van der Waals surface area contributed by atoms with E-state index in [-0.39, 0.29) is 11.9 Å². The Morgan fingerprint density at radius 2 is 2.11 bits per heavy atom. The van der Waals surface area contributed by atoms with Gasteiger partial charge in [0.05, 0.1) is 12.2 Å². The van der Waals surface area contributed by atoms with Gasteiger partial charge < -0.3 is 10.6 Å². The van der Waals surface area contributed by atoms with Crippen LogP contribution in [0.3, 0.4) is 0 Å². The number of carbonyl (C=O) groups is 1. The van der Waals surface area contributed by atoms with Crippen LogP contribution >= 0.6 is 11.6 Å². The molecule has 3 rings (SSSR count). The van der Waals surface area contributed by atoms with Crippen LogP contribution in [0.1, 0.15) is 22.0 Å².